The van der Waals surface area contributed by atoms with Gasteiger partial charge in [0.05, 0.1) is 19.5 Å². The van der Waals surface area contributed by atoms with Crippen molar-refractivity contribution in [2.24, 2.45) is 0 Å². The largest absolute Gasteiger partial charge is 0.502 e. The van der Waals surface area contributed by atoms with E-state index >= 15 is 0 Å². The van der Waals surface area contributed by atoms with Gasteiger partial charge in [-0.2, -0.15) is 0 Å². The highest BCUT2D eigenvalue weighted by molar-refractivity contribution is 5.94. The third kappa shape index (κ3) is 5.20. The van der Waals surface area contributed by atoms with Gasteiger partial charge in [-0.25, -0.2) is 0 Å². The van der Waals surface area contributed by atoms with E-state index in [2.05, 4.69) is 6.58 Å². The maximum absolute atomic E-state index is 11.1. The maximum Gasteiger partial charge on any atom is 0.159 e. The van der Waals surface area contributed by atoms with Crippen molar-refractivity contribution in [1.29, 1.82) is 0 Å². The molecule has 0 fully saturated rings. The summed E-state index contributed by atoms with van der Waals surface area (Å²) in [5, 5.41) is 0. The van der Waals surface area contributed by atoms with E-state index in [1.165, 1.54) is 6.26 Å². The van der Waals surface area contributed by atoms with Gasteiger partial charge in [0.25, 0.3) is 0 Å². The van der Waals surface area contributed by atoms with Crippen LogP contribution in [-0.4, -0.2) is 19.0 Å². The number of unbranched alkanes of at least 4 members (excludes halogenated alkanes) is 1. The first kappa shape index (κ1) is 13.3. The first-order valence-electron chi connectivity index (χ1n) is 5.70. The van der Waals surface area contributed by atoms with Crippen molar-refractivity contribution in [3.05, 3.63) is 42.7 Å². The highest BCUT2D eigenvalue weighted by Crippen LogP contribution is 2.12. The molecule has 0 aliphatic carbocycles. The minimum atomic E-state index is 0.0677. The summed E-state index contributed by atoms with van der Waals surface area (Å²) in [7, 11) is 0. The summed E-state index contributed by atoms with van der Waals surface area (Å²) >= 11 is 0. The molecule has 0 saturated carbocycles. The van der Waals surface area contributed by atoms with Crippen molar-refractivity contribution in [2.75, 3.05) is 13.2 Å². The Labute approximate surface area is 102 Å². The number of benzene rings is 1. The highest BCUT2D eigenvalue weighted by atomic mass is 16.5. The molecule has 3 nitrogen and oxygen atoms in total. The lowest BCUT2D eigenvalue weighted by molar-refractivity contribution is 0.101. The minimum Gasteiger partial charge on any atom is -0.502 e. The van der Waals surface area contributed by atoms with Crippen molar-refractivity contribution in [3.8, 4) is 5.75 Å². The predicted molar refractivity (Wildman–Crippen MR) is 67.3 cm³/mol. The van der Waals surface area contributed by atoms with Gasteiger partial charge in [-0.05, 0) is 44.0 Å². The Balaban J connectivity index is 2.23. The third-order valence-electron chi connectivity index (χ3n) is 2.30. The van der Waals surface area contributed by atoms with Crippen LogP contribution in [-0.2, 0) is 4.74 Å². The van der Waals surface area contributed by atoms with Crippen LogP contribution >= 0.6 is 0 Å². The Morgan fingerprint density at radius 3 is 2.47 bits per heavy atom. The molecule has 1 aromatic rings. The van der Waals surface area contributed by atoms with Crippen LogP contribution in [0.4, 0.5) is 0 Å². The number of rotatable bonds is 8. The number of carbonyl (C=O) groups excluding carboxylic acids is 1. The van der Waals surface area contributed by atoms with E-state index in [1.54, 1.807) is 19.1 Å². The van der Waals surface area contributed by atoms with Gasteiger partial charge in [-0.3, -0.25) is 4.79 Å². The molecule has 0 bridgehead atoms. The Bertz CT molecular complexity index is 354. The van der Waals surface area contributed by atoms with Gasteiger partial charge in [-0.1, -0.05) is 6.58 Å². The number of Topliss-reactive ketones (excluding diaryl/α,β-unsaturated/α-hetero) is 1. The molecule has 0 radical (unpaired) electrons. The van der Waals surface area contributed by atoms with Crippen LogP contribution in [0.3, 0.4) is 0 Å². The molecule has 92 valence electrons. The van der Waals surface area contributed by atoms with E-state index in [9.17, 15) is 4.79 Å². The lowest BCUT2D eigenvalue weighted by Crippen LogP contribution is -2.00. The van der Waals surface area contributed by atoms with Crippen LogP contribution in [0.15, 0.2) is 37.1 Å². The number of ether oxygens (including phenoxy) is 2. The average Bonchev–Trinajstić information content (AvgIpc) is 2.34. The molecular formula is C14H18O3. The molecule has 0 atom stereocenters. The molecule has 0 spiro atoms. The SMILES string of the molecule is C=COCCCCOc1ccc(C(C)=O)cc1. The molecule has 0 aliphatic heterocycles. The second-order valence-corrected chi connectivity index (χ2v) is 3.67. The zero-order valence-corrected chi connectivity index (χ0v) is 10.1. The summed E-state index contributed by atoms with van der Waals surface area (Å²) in [6.07, 6.45) is 3.32. The van der Waals surface area contributed by atoms with Crippen LogP contribution in [0.25, 0.3) is 0 Å². The molecule has 3 heteroatoms. The van der Waals surface area contributed by atoms with E-state index in [0.717, 1.165) is 18.6 Å². The van der Waals surface area contributed by atoms with Crippen molar-refractivity contribution < 1.29 is 14.3 Å². The number of hydrogen-bond acceptors (Lipinski definition) is 3. The zero-order chi connectivity index (χ0) is 12.5. The number of hydrogen-bond donors (Lipinski definition) is 0. The van der Waals surface area contributed by atoms with Gasteiger partial charge in [0.15, 0.2) is 5.78 Å². The van der Waals surface area contributed by atoms with Crippen LogP contribution in [0.5, 0.6) is 5.75 Å². The van der Waals surface area contributed by atoms with Crippen molar-refractivity contribution >= 4 is 5.78 Å². The summed E-state index contributed by atoms with van der Waals surface area (Å²) in [5.41, 5.74) is 0.705. The molecule has 0 heterocycles. The number of carbonyl (C=O) groups is 1. The number of ketones is 1. The van der Waals surface area contributed by atoms with Gasteiger partial charge in [0.1, 0.15) is 5.75 Å². The molecule has 0 unspecified atom stereocenters. The summed E-state index contributed by atoms with van der Waals surface area (Å²) in [6.45, 7) is 6.35. The van der Waals surface area contributed by atoms with E-state index < -0.39 is 0 Å². The fourth-order valence-corrected chi connectivity index (χ4v) is 1.35. The Morgan fingerprint density at radius 1 is 1.24 bits per heavy atom. The third-order valence-corrected chi connectivity index (χ3v) is 2.30. The minimum absolute atomic E-state index is 0.0677. The van der Waals surface area contributed by atoms with Crippen molar-refractivity contribution in [2.45, 2.75) is 19.8 Å². The van der Waals surface area contributed by atoms with Gasteiger partial charge < -0.3 is 9.47 Å². The van der Waals surface area contributed by atoms with Crippen molar-refractivity contribution in [1.82, 2.24) is 0 Å². The van der Waals surface area contributed by atoms with E-state index in [4.69, 9.17) is 9.47 Å². The molecule has 0 N–H and O–H groups in total. The fraction of sp³-hybridized carbons (Fsp3) is 0.357. The van der Waals surface area contributed by atoms with Crippen LogP contribution in [0.1, 0.15) is 30.1 Å². The summed E-state index contributed by atoms with van der Waals surface area (Å²) in [4.78, 5) is 11.1. The second kappa shape index (κ2) is 7.49. The summed E-state index contributed by atoms with van der Waals surface area (Å²) in [6, 6.07) is 7.19. The molecule has 0 saturated heterocycles. The Morgan fingerprint density at radius 2 is 1.88 bits per heavy atom. The zero-order valence-electron chi connectivity index (χ0n) is 10.1. The first-order valence-corrected chi connectivity index (χ1v) is 5.70. The first-order chi connectivity index (χ1) is 8.24. The van der Waals surface area contributed by atoms with E-state index in [1.807, 2.05) is 12.1 Å². The lowest BCUT2D eigenvalue weighted by atomic mass is 10.1. The molecule has 0 aliphatic rings. The van der Waals surface area contributed by atoms with Crippen LogP contribution in [0, 0.1) is 0 Å². The van der Waals surface area contributed by atoms with Gasteiger partial charge in [0.2, 0.25) is 0 Å². The van der Waals surface area contributed by atoms with Gasteiger partial charge >= 0.3 is 0 Å². The quantitative estimate of drug-likeness (QED) is 0.393. The van der Waals surface area contributed by atoms with Crippen molar-refractivity contribution in [3.63, 3.8) is 0 Å². The van der Waals surface area contributed by atoms with Gasteiger partial charge in [-0.15, -0.1) is 0 Å². The van der Waals surface area contributed by atoms with Gasteiger partial charge in [0, 0.05) is 5.56 Å². The second-order valence-electron chi connectivity index (χ2n) is 3.67. The topological polar surface area (TPSA) is 35.5 Å². The molecule has 0 aromatic heterocycles. The standard InChI is InChI=1S/C14H18O3/c1-3-16-10-4-5-11-17-14-8-6-13(7-9-14)12(2)15/h3,6-9H,1,4-5,10-11H2,2H3. The summed E-state index contributed by atoms with van der Waals surface area (Å²) < 4.78 is 10.5. The lowest BCUT2D eigenvalue weighted by Gasteiger charge is -2.06. The Kier molecular flexibility index (Phi) is 5.86. The molecule has 17 heavy (non-hydrogen) atoms. The Hall–Kier alpha value is -1.77. The van der Waals surface area contributed by atoms with Crippen LogP contribution < -0.4 is 4.74 Å². The summed E-state index contributed by atoms with van der Waals surface area (Å²) in [5.74, 6) is 0.859. The molecular weight excluding hydrogens is 216 g/mol. The molecule has 1 rings (SSSR count). The highest BCUT2D eigenvalue weighted by Gasteiger charge is 1.99. The van der Waals surface area contributed by atoms with E-state index in [0.29, 0.717) is 18.8 Å². The predicted octanol–water partition coefficient (Wildman–Crippen LogP) is 3.21. The average molecular weight is 234 g/mol. The van der Waals surface area contributed by atoms with E-state index in [-0.39, 0.29) is 5.78 Å². The fourth-order valence-electron chi connectivity index (χ4n) is 1.35. The monoisotopic (exact) mass is 234 g/mol. The maximum atomic E-state index is 11.1. The normalized spacial score (nSPS) is 9.71. The van der Waals surface area contributed by atoms with Crippen LogP contribution in [0.2, 0.25) is 0 Å². The smallest absolute Gasteiger partial charge is 0.159 e. The molecule has 0 amide bonds. The molecule has 1 aromatic carbocycles.